The summed E-state index contributed by atoms with van der Waals surface area (Å²) in [6, 6.07) is 5.35. The predicted octanol–water partition coefficient (Wildman–Crippen LogP) is 1.85. The molecule has 1 aromatic rings. The van der Waals surface area contributed by atoms with Gasteiger partial charge in [0.2, 0.25) is 0 Å². The van der Waals surface area contributed by atoms with Crippen molar-refractivity contribution in [3.63, 3.8) is 0 Å². The maximum atomic E-state index is 11.4. The zero-order valence-electron chi connectivity index (χ0n) is 9.36. The first kappa shape index (κ1) is 11.0. The van der Waals surface area contributed by atoms with Crippen LogP contribution in [-0.4, -0.2) is 17.1 Å². The van der Waals surface area contributed by atoms with E-state index in [0.29, 0.717) is 17.9 Å². The highest BCUT2D eigenvalue weighted by molar-refractivity contribution is 5.97. The fourth-order valence-electron chi connectivity index (χ4n) is 1.67. The standard InChI is InChI=1S/C12H15NO3/c1-3-10(14)8-4-5-11-9(6-8)13-12(15)7(2)16-11/h4-7,10,14H,3H2,1-2H3,(H,13,15). The van der Waals surface area contributed by atoms with Crippen LogP contribution in [0, 0.1) is 0 Å². The van der Waals surface area contributed by atoms with Crippen LogP contribution in [0.2, 0.25) is 0 Å². The molecule has 16 heavy (non-hydrogen) atoms. The fourth-order valence-corrected chi connectivity index (χ4v) is 1.67. The van der Waals surface area contributed by atoms with Crippen LogP contribution >= 0.6 is 0 Å². The van der Waals surface area contributed by atoms with Gasteiger partial charge in [0.15, 0.2) is 6.10 Å². The van der Waals surface area contributed by atoms with E-state index in [1.807, 2.05) is 13.0 Å². The lowest BCUT2D eigenvalue weighted by Crippen LogP contribution is -2.34. The minimum Gasteiger partial charge on any atom is -0.479 e. The van der Waals surface area contributed by atoms with Crippen LogP contribution in [0.1, 0.15) is 31.9 Å². The number of ether oxygens (including phenoxy) is 1. The Bertz CT molecular complexity index is 417. The summed E-state index contributed by atoms with van der Waals surface area (Å²) in [5.74, 6) is 0.495. The minimum absolute atomic E-state index is 0.157. The van der Waals surface area contributed by atoms with Crippen molar-refractivity contribution in [3.8, 4) is 5.75 Å². The molecule has 0 saturated heterocycles. The molecular weight excluding hydrogens is 206 g/mol. The highest BCUT2D eigenvalue weighted by Crippen LogP contribution is 2.32. The van der Waals surface area contributed by atoms with Gasteiger partial charge in [0.25, 0.3) is 5.91 Å². The molecule has 1 aromatic carbocycles. The van der Waals surface area contributed by atoms with E-state index in [2.05, 4.69) is 5.32 Å². The smallest absolute Gasteiger partial charge is 0.265 e. The van der Waals surface area contributed by atoms with Crippen LogP contribution in [0.25, 0.3) is 0 Å². The number of carbonyl (C=O) groups excluding carboxylic acids is 1. The first-order valence-corrected chi connectivity index (χ1v) is 5.41. The van der Waals surface area contributed by atoms with Gasteiger partial charge in [-0.15, -0.1) is 0 Å². The predicted molar refractivity (Wildman–Crippen MR) is 60.4 cm³/mol. The molecule has 86 valence electrons. The molecule has 2 rings (SSSR count). The number of benzene rings is 1. The van der Waals surface area contributed by atoms with Crippen LogP contribution in [0.5, 0.6) is 5.75 Å². The van der Waals surface area contributed by atoms with Crippen molar-refractivity contribution in [2.75, 3.05) is 5.32 Å². The van der Waals surface area contributed by atoms with Gasteiger partial charge in [-0.1, -0.05) is 13.0 Å². The Balaban J connectivity index is 2.32. The molecule has 1 aliphatic rings. The second-order valence-corrected chi connectivity index (χ2v) is 3.93. The Morgan fingerprint density at radius 3 is 3.00 bits per heavy atom. The van der Waals surface area contributed by atoms with Gasteiger partial charge in [-0.2, -0.15) is 0 Å². The summed E-state index contributed by atoms with van der Waals surface area (Å²) in [6.45, 7) is 3.61. The van der Waals surface area contributed by atoms with Gasteiger partial charge in [-0.3, -0.25) is 4.79 Å². The second kappa shape index (κ2) is 4.14. The number of fused-ring (bicyclic) bond motifs is 1. The quantitative estimate of drug-likeness (QED) is 0.801. The Morgan fingerprint density at radius 2 is 2.31 bits per heavy atom. The van der Waals surface area contributed by atoms with Crippen molar-refractivity contribution >= 4 is 11.6 Å². The largest absolute Gasteiger partial charge is 0.479 e. The first-order chi connectivity index (χ1) is 7.61. The summed E-state index contributed by atoms with van der Waals surface area (Å²) >= 11 is 0. The molecule has 2 unspecified atom stereocenters. The number of aliphatic hydroxyl groups is 1. The number of hydrogen-bond donors (Lipinski definition) is 2. The normalized spacial score (nSPS) is 20.7. The number of nitrogens with one attached hydrogen (secondary N) is 1. The van der Waals surface area contributed by atoms with Crippen LogP contribution < -0.4 is 10.1 Å². The third-order valence-corrected chi connectivity index (χ3v) is 2.71. The average Bonchev–Trinajstić information content (AvgIpc) is 2.29. The highest BCUT2D eigenvalue weighted by atomic mass is 16.5. The van der Waals surface area contributed by atoms with E-state index in [4.69, 9.17) is 4.74 Å². The fraction of sp³-hybridized carbons (Fsp3) is 0.417. The Morgan fingerprint density at radius 1 is 1.56 bits per heavy atom. The van der Waals surface area contributed by atoms with Crippen molar-refractivity contribution in [1.29, 1.82) is 0 Å². The molecule has 1 aliphatic heterocycles. The molecule has 4 nitrogen and oxygen atoms in total. The second-order valence-electron chi connectivity index (χ2n) is 3.93. The van der Waals surface area contributed by atoms with Crippen molar-refractivity contribution in [2.24, 2.45) is 0 Å². The van der Waals surface area contributed by atoms with Gasteiger partial charge < -0.3 is 15.2 Å². The highest BCUT2D eigenvalue weighted by Gasteiger charge is 2.23. The monoisotopic (exact) mass is 221 g/mol. The van der Waals surface area contributed by atoms with E-state index in [1.54, 1.807) is 19.1 Å². The summed E-state index contributed by atoms with van der Waals surface area (Å²) in [4.78, 5) is 11.4. The van der Waals surface area contributed by atoms with E-state index >= 15 is 0 Å². The molecule has 4 heteroatoms. The molecule has 0 aromatic heterocycles. The molecule has 0 bridgehead atoms. The Kier molecular flexibility index (Phi) is 2.83. The topological polar surface area (TPSA) is 58.6 Å². The molecule has 0 fully saturated rings. The minimum atomic E-state index is -0.499. The van der Waals surface area contributed by atoms with Crippen molar-refractivity contribution in [3.05, 3.63) is 23.8 Å². The Labute approximate surface area is 94.2 Å². The zero-order chi connectivity index (χ0) is 11.7. The summed E-state index contributed by atoms with van der Waals surface area (Å²) < 4.78 is 5.42. The van der Waals surface area contributed by atoms with E-state index in [-0.39, 0.29) is 5.91 Å². The van der Waals surface area contributed by atoms with Crippen LogP contribution in [0.4, 0.5) is 5.69 Å². The van der Waals surface area contributed by atoms with Crippen LogP contribution in [0.3, 0.4) is 0 Å². The third-order valence-electron chi connectivity index (χ3n) is 2.71. The Hall–Kier alpha value is -1.55. The van der Waals surface area contributed by atoms with Gasteiger partial charge >= 0.3 is 0 Å². The lowest BCUT2D eigenvalue weighted by molar-refractivity contribution is -0.122. The number of rotatable bonds is 2. The molecular formula is C12H15NO3. The van der Waals surface area contributed by atoms with Gasteiger partial charge in [0, 0.05) is 0 Å². The van der Waals surface area contributed by atoms with Crippen LogP contribution in [-0.2, 0) is 4.79 Å². The summed E-state index contributed by atoms with van der Waals surface area (Å²) in [7, 11) is 0. The number of amides is 1. The molecule has 0 saturated carbocycles. The van der Waals surface area contributed by atoms with Gasteiger partial charge in [-0.25, -0.2) is 0 Å². The van der Waals surface area contributed by atoms with E-state index in [9.17, 15) is 9.90 Å². The molecule has 1 heterocycles. The third kappa shape index (κ3) is 1.88. The van der Waals surface area contributed by atoms with Crippen molar-refractivity contribution in [1.82, 2.24) is 0 Å². The molecule has 2 atom stereocenters. The van der Waals surface area contributed by atoms with E-state index in [0.717, 1.165) is 5.56 Å². The lowest BCUT2D eigenvalue weighted by Gasteiger charge is -2.24. The van der Waals surface area contributed by atoms with E-state index < -0.39 is 12.2 Å². The first-order valence-electron chi connectivity index (χ1n) is 5.41. The van der Waals surface area contributed by atoms with Gasteiger partial charge in [0.05, 0.1) is 11.8 Å². The SMILES string of the molecule is CCC(O)c1ccc2c(c1)NC(=O)C(C)O2. The summed E-state index contributed by atoms with van der Waals surface area (Å²) in [5.41, 5.74) is 1.42. The van der Waals surface area contributed by atoms with Gasteiger partial charge in [-0.05, 0) is 31.0 Å². The molecule has 0 radical (unpaired) electrons. The lowest BCUT2D eigenvalue weighted by atomic mass is 10.1. The van der Waals surface area contributed by atoms with Crippen LogP contribution in [0.15, 0.2) is 18.2 Å². The maximum Gasteiger partial charge on any atom is 0.265 e. The summed E-state index contributed by atoms with van der Waals surface area (Å²) in [5, 5.41) is 12.4. The average molecular weight is 221 g/mol. The maximum absolute atomic E-state index is 11.4. The number of hydrogen-bond acceptors (Lipinski definition) is 3. The number of anilines is 1. The van der Waals surface area contributed by atoms with Crippen molar-refractivity contribution < 1.29 is 14.6 Å². The number of carbonyl (C=O) groups is 1. The molecule has 0 spiro atoms. The molecule has 1 amide bonds. The van der Waals surface area contributed by atoms with E-state index in [1.165, 1.54) is 0 Å². The zero-order valence-corrected chi connectivity index (χ0v) is 9.36. The number of aliphatic hydroxyl groups excluding tert-OH is 1. The van der Waals surface area contributed by atoms with Crippen molar-refractivity contribution in [2.45, 2.75) is 32.5 Å². The molecule has 0 aliphatic carbocycles. The van der Waals surface area contributed by atoms with Gasteiger partial charge in [0.1, 0.15) is 5.75 Å². The summed E-state index contributed by atoms with van der Waals surface area (Å²) in [6.07, 6.45) is -0.319. The molecule has 2 N–H and O–H groups in total.